The average molecular weight is 466 g/mol. The van der Waals surface area contributed by atoms with Gasteiger partial charge in [0.25, 0.3) is 5.91 Å². The molecular weight excluding hydrogens is 446 g/mol. The Balaban J connectivity index is 1.59. The summed E-state index contributed by atoms with van der Waals surface area (Å²) in [6.07, 6.45) is 1.66. The number of methoxy groups -OCH3 is 1. The van der Waals surface area contributed by atoms with E-state index >= 15 is 0 Å². The maximum absolute atomic E-state index is 13.0. The van der Waals surface area contributed by atoms with Crippen LogP contribution in [0.2, 0.25) is 0 Å². The van der Waals surface area contributed by atoms with Gasteiger partial charge in [-0.15, -0.1) is 0 Å². The molecule has 0 bridgehead atoms. The van der Waals surface area contributed by atoms with E-state index in [2.05, 4.69) is 0 Å². The summed E-state index contributed by atoms with van der Waals surface area (Å²) < 4.78 is 16.8. The molecule has 0 unspecified atom stereocenters. The van der Waals surface area contributed by atoms with E-state index in [9.17, 15) is 9.59 Å². The number of rotatable bonds is 6. The molecule has 1 aliphatic rings. The molecule has 0 N–H and O–H groups in total. The summed E-state index contributed by atoms with van der Waals surface area (Å²) in [7, 11) is 1.55. The van der Waals surface area contributed by atoms with E-state index in [0.717, 1.165) is 5.56 Å². The smallest absolute Gasteiger partial charge is 0.338 e. The third-order valence-corrected chi connectivity index (χ3v) is 5.98. The molecule has 2 heterocycles. The van der Waals surface area contributed by atoms with Gasteiger partial charge in [0.1, 0.15) is 17.3 Å². The van der Waals surface area contributed by atoms with Gasteiger partial charge in [0, 0.05) is 11.6 Å². The van der Waals surface area contributed by atoms with E-state index in [4.69, 9.17) is 26.1 Å². The van der Waals surface area contributed by atoms with E-state index in [1.54, 1.807) is 62.6 Å². The van der Waals surface area contributed by atoms with Crippen LogP contribution in [0.3, 0.4) is 0 Å². The first-order valence-electron chi connectivity index (χ1n) is 9.80. The number of para-hydroxylation sites is 2. The molecule has 2 aromatic carbocycles. The molecule has 162 valence electrons. The number of furan rings is 1. The van der Waals surface area contributed by atoms with Crippen LogP contribution in [0.1, 0.15) is 23.0 Å². The van der Waals surface area contributed by atoms with Crippen molar-refractivity contribution in [3.8, 4) is 17.1 Å². The van der Waals surface area contributed by atoms with Crippen LogP contribution in [0, 0.1) is 0 Å². The third-order valence-electron chi connectivity index (χ3n) is 4.68. The summed E-state index contributed by atoms with van der Waals surface area (Å²) in [5.41, 5.74) is 1.77. The number of thiocarbonyl (C=S) groups is 1. The predicted molar refractivity (Wildman–Crippen MR) is 129 cm³/mol. The summed E-state index contributed by atoms with van der Waals surface area (Å²) in [5.74, 6) is 1.00. The summed E-state index contributed by atoms with van der Waals surface area (Å²) >= 11 is 6.64. The maximum atomic E-state index is 13.0. The molecule has 3 aromatic rings. The Labute approximate surface area is 194 Å². The highest BCUT2D eigenvalue weighted by molar-refractivity contribution is 8.27. The summed E-state index contributed by atoms with van der Waals surface area (Å²) in [5, 5.41) is 0. The normalized spacial score (nSPS) is 14.8. The molecular formula is C24H19NO5S2. The topological polar surface area (TPSA) is 69.0 Å². The number of carbonyl (C=O) groups is 2. The lowest BCUT2D eigenvalue weighted by Crippen LogP contribution is -2.27. The monoisotopic (exact) mass is 465 g/mol. The minimum absolute atomic E-state index is 0.244. The molecule has 4 rings (SSSR count). The zero-order chi connectivity index (χ0) is 22.7. The van der Waals surface area contributed by atoms with Crippen molar-refractivity contribution in [2.45, 2.75) is 6.92 Å². The molecule has 0 spiro atoms. The number of hydrogen-bond acceptors (Lipinski definition) is 7. The van der Waals surface area contributed by atoms with Gasteiger partial charge in [-0.05, 0) is 43.3 Å². The molecule has 1 aliphatic heterocycles. The van der Waals surface area contributed by atoms with E-state index < -0.39 is 0 Å². The first kappa shape index (κ1) is 21.9. The van der Waals surface area contributed by atoms with Gasteiger partial charge in [-0.2, -0.15) is 0 Å². The Bertz CT molecular complexity index is 1230. The lowest BCUT2D eigenvalue weighted by Gasteiger charge is -2.17. The summed E-state index contributed by atoms with van der Waals surface area (Å²) in [6.45, 7) is 2.07. The van der Waals surface area contributed by atoms with Crippen molar-refractivity contribution in [3.63, 3.8) is 0 Å². The predicted octanol–water partition coefficient (Wildman–Crippen LogP) is 5.54. The van der Waals surface area contributed by atoms with Crippen LogP contribution in [-0.4, -0.2) is 29.9 Å². The van der Waals surface area contributed by atoms with Crippen LogP contribution in [-0.2, 0) is 9.53 Å². The summed E-state index contributed by atoms with van der Waals surface area (Å²) in [4.78, 5) is 26.9. The molecule has 1 fully saturated rings. The number of anilines is 1. The number of carbonyl (C=O) groups excluding carboxylic acids is 2. The van der Waals surface area contributed by atoms with Gasteiger partial charge >= 0.3 is 5.97 Å². The second kappa shape index (κ2) is 9.42. The second-order valence-corrected chi connectivity index (χ2v) is 8.37. The van der Waals surface area contributed by atoms with Crippen molar-refractivity contribution in [2.75, 3.05) is 18.6 Å². The summed E-state index contributed by atoms with van der Waals surface area (Å²) in [6, 6.07) is 17.8. The Kier molecular flexibility index (Phi) is 6.43. The molecule has 32 heavy (non-hydrogen) atoms. The molecule has 0 aliphatic carbocycles. The molecule has 0 radical (unpaired) electrons. The number of hydrogen-bond donors (Lipinski definition) is 0. The Morgan fingerprint density at radius 2 is 1.97 bits per heavy atom. The Hall–Kier alpha value is -3.36. The Morgan fingerprint density at radius 3 is 2.75 bits per heavy atom. The Morgan fingerprint density at radius 1 is 1.16 bits per heavy atom. The molecule has 8 heteroatoms. The van der Waals surface area contributed by atoms with Crippen LogP contribution in [0.4, 0.5) is 5.69 Å². The van der Waals surface area contributed by atoms with Crippen molar-refractivity contribution in [3.05, 3.63) is 76.9 Å². The first-order chi connectivity index (χ1) is 15.5. The first-order valence-corrected chi connectivity index (χ1v) is 11.0. The van der Waals surface area contributed by atoms with Crippen LogP contribution in [0.15, 0.2) is 70.0 Å². The number of esters is 1. The second-order valence-electron chi connectivity index (χ2n) is 6.69. The number of benzene rings is 2. The highest BCUT2D eigenvalue weighted by Crippen LogP contribution is 2.40. The third kappa shape index (κ3) is 4.32. The SMILES string of the molecule is CCOC(=O)c1cccc(-c2ccc(/C=C3\SC(=S)N(c4ccccc4OC)C3=O)o2)c1. The van der Waals surface area contributed by atoms with Crippen molar-refractivity contribution in [1.82, 2.24) is 0 Å². The van der Waals surface area contributed by atoms with Crippen molar-refractivity contribution in [2.24, 2.45) is 0 Å². The van der Waals surface area contributed by atoms with Crippen molar-refractivity contribution in [1.29, 1.82) is 0 Å². The van der Waals surface area contributed by atoms with E-state index in [-0.39, 0.29) is 11.9 Å². The van der Waals surface area contributed by atoms with Gasteiger partial charge in [-0.25, -0.2) is 4.79 Å². The quantitative estimate of drug-likeness (QED) is 0.269. The lowest BCUT2D eigenvalue weighted by atomic mass is 10.1. The largest absolute Gasteiger partial charge is 0.495 e. The molecule has 0 saturated carbocycles. The molecule has 1 amide bonds. The van der Waals surface area contributed by atoms with E-state index in [0.29, 0.717) is 44.4 Å². The molecule has 6 nitrogen and oxygen atoms in total. The number of nitrogens with zero attached hydrogens (tertiary/aromatic N) is 1. The fourth-order valence-corrected chi connectivity index (χ4v) is 4.48. The van der Waals surface area contributed by atoms with Crippen molar-refractivity contribution < 1.29 is 23.5 Å². The van der Waals surface area contributed by atoms with Crippen molar-refractivity contribution >= 4 is 51.9 Å². The van der Waals surface area contributed by atoms with E-state index in [1.807, 2.05) is 18.2 Å². The van der Waals surface area contributed by atoms with Crippen LogP contribution >= 0.6 is 24.0 Å². The molecule has 0 atom stereocenters. The maximum Gasteiger partial charge on any atom is 0.338 e. The number of amides is 1. The fourth-order valence-electron chi connectivity index (χ4n) is 3.22. The molecule has 1 aromatic heterocycles. The minimum atomic E-state index is -0.388. The van der Waals surface area contributed by atoms with Gasteiger partial charge in [-0.1, -0.05) is 48.2 Å². The zero-order valence-corrected chi connectivity index (χ0v) is 19.0. The fraction of sp³-hybridized carbons (Fsp3) is 0.125. The van der Waals surface area contributed by atoms with Gasteiger partial charge in [0.05, 0.1) is 29.9 Å². The highest BCUT2D eigenvalue weighted by Gasteiger charge is 2.35. The zero-order valence-electron chi connectivity index (χ0n) is 17.4. The van der Waals surface area contributed by atoms with Gasteiger partial charge in [0.2, 0.25) is 0 Å². The van der Waals surface area contributed by atoms with E-state index in [1.165, 1.54) is 16.7 Å². The van der Waals surface area contributed by atoms with Crippen LogP contribution in [0.25, 0.3) is 17.4 Å². The lowest BCUT2D eigenvalue weighted by molar-refractivity contribution is -0.113. The standard InChI is InChI=1S/C24H19NO5S2/c1-3-29-23(27)16-8-6-7-15(13-16)19-12-11-17(30-19)14-21-22(26)25(24(31)32-21)18-9-4-5-10-20(18)28-2/h4-14H,3H2,1-2H3/b21-14-. The molecule has 1 saturated heterocycles. The van der Waals surface area contributed by atoms with Gasteiger partial charge in [0.15, 0.2) is 4.32 Å². The number of ether oxygens (including phenoxy) is 2. The minimum Gasteiger partial charge on any atom is -0.495 e. The van der Waals surface area contributed by atoms with Gasteiger partial charge in [-0.3, -0.25) is 9.69 Å². The van der Waals surface area contributed by atoms with Gasteiger partial charge < -0.3 is 13.9 Å². The van der Waals surface area contributed by atoms with Crippen LogP contribution in [0.5, 0.6) is 5.75 Å². The number of thioether (sulfide) groups is 1. The van der Waals surface area contributed by atoms with Crippen LogP contribution < -0.4 is 9.64 Å². The average Bonchev–Trinajstić information content (AvgIpc) is 3.38. The highest BCUT2D eigenvalue weighted by atomic mass is 32.2.